The Morgan fingerprint density at radius 1 is 1.19 bits per heavy atom. The van der Waals surface area contributed by atoms with Crippen molar-refractivity contribution in [3.8, 4) is 11.5 Å². The first kappa shape index (κ1) is 14.7. The molecule has 0 radical (unpaired) electrons. The zero-order valence-corrected chi connectivity index (χ0v) is 11.1. The van der Waals surface area contributed by atoms with Gasteiger partial charge in [0.1, 0.15) is 5.75 Å². The van der Waals surface area contributed by atoms with E-state index in [9.17, 15) is 13.6 Å². The van der Waals surface area contributed by atoms with Crippen molar-refractivity contribution in [3.05, 3.63) is 65.2 Å². The summed E-state index contributed by atoms with van der Waals surface area (Å²) in [5.41, 5.74) is 1.29. The minimum Gasteiger partial charge on any atom is -0.478 e. The summed E-state index contributed by atoms with van der Waals surface area (Å²) >= 11 is 0. The number of carboxylic acids is 1. The lowest BCUT2D eigenvalue weighted by atomic mass is 10.1. The Hall–Kier alpha value is -2.69. The van der Waals surface area contributed by atoms with Gasteiger partial charge in [-0.2, -0.15) is 4.39 Å². The number of hydrogen-bond donors (Lipinski definition) is 1. The molecule has 0 fully saturated rings. The van der Waals surface area contributed by atoms with E-state index in [0.717, 1.165) is 12.1 Å². The summed E-state index contributed by atoms with van der Waals surface area (Å²) in [5, 5.41) is 8.59. The third-order valence-corrected chi connectivity index (χ3v) is 2.77. The summed E-state index contributed by atoms with van der Waals surface area (Å²) < 4.78 is 32.1. The molecule has 0 aromatic heterocycles. The minimum absolute atomic E-state index is 0.225. The maximum absolute atomic E-state index is 13.6. The van der Waals surface area contributed by atoms with Gasteiger partial charge in [-0.05, 0) is 42.3 Å². The van der Waals surface area contributed by atoms with Crippen LogP contribution >= 0.6 is 0 Å². The average Bonchev–Trinajstić information content (AvgIpc) is 2.44. The fraction of sp³-hybridized carbons (Fsp3) is 0.0625. The van der Waals surface area contributed by atoms with E-state index >= 15 is 0 Å². The van der Waals surface area contributed by atoms with Gasteiger partial charge in [0.05, 0.1) is 0 Å². The summed E-state index contributed by atoms with van der Waals surface area (Å²) in [4.78, 5) is 10.5. The third kappa shape index (κ3) is 3.66. The fourth-order valence-electron chi connectivity index (χ4n) is 1.68. The van der Waals surface area contributed by atoms with Crippen molar-refractivity contribution in [2.75, 3.05) is 0 Å². The SMILES string of the molecule is Cc1ccc(/C=C/C(=O)O)cc1Oc1cccc(F)c1F. The Labute approximate surface area is 120 Å². The molecule has 2 aromatic carbocycles. The van der Waals surface area contributed by atoms with Gasteiger partial charge >= 0.3 is 5.97 Å². The Morgan fingerprint density at radius 2 is 1.95 bits per heavy atom. The molecule has 1 N–H and O–H groups in total. The maximum Gasteiger partial charge on any atom is 0.328 e. The zero-order valence-electron chi connectivity index (χ0n) is 11.1. The highest BCUT2D eigenvalue weighted by atomic mass is 19.2. The Kier molecular flexibility index (Phi) is 4.33. The van der Waals surface area contributed by atoms with Crippen molar-refractivity contribution >= 4 is 12.0 Å². The van der Waals surface area contributed by atoms with Crippen LogP contribution in [0, 0.1) is 18.6 Å². The average molecular weight is 290 g/mol. The van der Waals surface area contributed by atoms with Gasteiger partial charge in [-0.3, -0.25) is 0 Å². The van der Waals surface area contributed by atoms with Gasteiger partial charge in [0.25, 0.3) is 0 Å². The van der Waals surface area contributed by atoms with E-state index < -0.39 is 17.6 Å². The number of aliphatic carboxylic acids is 1. The molecule has 0 atom stereocenters. The Balaban J connectivity index is 2.33. The van der Waals surface area contributed by atoms with Crippen LogP contribution in [0.15, 0.2) is 42.5 Å². The van der Waals surface area contributed by atoms with Gasteiger partial charge in [-0.15, -0.1) is 0 Å². The van der Waals surface area contributed by atoms with Crippen LogP contribution in [-0.4, -0.2) is 11.1 Å². The summed E-state index contributed by atoms with van der Waals surface area (Å²) in [6.07, 6.45) is 2.37. The van der Waals surface area contributed by atoms with Gasteiger partial charge < -0.3 is 9.84 Å². The maximum atomic E-state index is 13.6. The molecule has 0 aliphatic carbocycles. The van der Waals surface area contributed by atoms with E-state index in [1.807, 2.05) is 0 Å². The van der Waals surface area contributed by atoms with Crippen LogP contribution in [0.2, 0.25) is 0 Å². The molecule has 21 heavy (non-hydrogen) atoms. The molecular formula is C16H12F2O3. The molecule has 0 amide bonds. The van der Waals surface area contributed by atoms with E-state index in [1.165, 1.54) is 18.2 Å². The van der Waals surface area contributed by atoms with E-state index in [-0.39, 0.29) is 5.75 Å². The van der Waals surface area contributed by atoms with E-state index in [1.54, 1.807) is 25.1 Å². The molecule has 0 bridgehead atoms. The van der Waals surface area contributed by atoms with Gasteiger partial charge in [-0.1, -0.05) is 18.2 Å². The van der Waals surface area contributed by atoms with Crippen LogP contribution in [0.25, 0.3) is 6.08 Å². The first-order valence-corrected chi connectivity index (χ1v) is 6.11. The largest absolute Gasteiger partial charge is 0.478 e. The summed E-state index contributed by atoms with van der Waals surface area (Å²) in [6.45, 7) is 1.75. The van der Waals surface area contributed by atoms with Gasteiger partial charge in [0, 0.05) is 6.08 Å². The molecule has 5 heteroatoms. The lowest BCUT2D eigenvalue weighted by Gasteiger charge is -2.10. The van der Waals surface area contributed by atoms with Crippen LogP contribution in [-0.2, 0) is 4.79 Å². The normalized spacial score (nSPS) is 10.8. The van der Waals surface area contributed by atoms with E-state index in [4.69, 9.17) is 9.84 Å². The Morgan fingerprint density at radius 3 is 2.67 bits per heavy atom. The highest BCUT2D eigenvalue weighted by Gasteiger charge is 2.11. The number of aryl methyl sites for hydroxylation is 1. The van der Waals surface area contributed by atoms with Crippen LogP contribution < -0.4 is 4.74 Å². The second-order valence-corrected chi connectivity index (χ2v) is 4.35. The van der Waals surface area contributed by atoms with Crippen molar-refractivity contribution in [2.24, 2.45) is 0 Å². The highest BCUT2D eigenvalue weighted by Crippen LogP contribution is 2.29. The van der Waals surface area contributed by atoms with Crippen LogP contribution in [0.4, 0.5) is 8.78 Å². The summed E-state index contributed by atoms with van der Waals surface area (Å²) in [6, 6.07) is 8.62. The topological polar surface area (TPSA) is 46.5 Å². The lowest BCUT2D eigenvalue weighted by Crippen LogP contribution is -1.94. The predicted octanol–water partition coefficient (Wildman–Crippen LogP) is 4.16. The minimum atomic E-state index is -1.07. The first-order valence-electron chi connectivity index (χ1n) is 6.11. The molecule has 108 valence electrons. The second kappa shape index (κ2) is 6.17. The smallest absolute Gasteiger partial charge is 0.328 e. The second-order valence-electron chi connectivity index (χ2n) is 4.35. The van der Waals surface area contributed by atoms with Crippen molar-refractivity contribution in [1.82, 2.24) is 0 Å². The zero-order chi connectivity index (χ0) is 15.4. The molecule has 0 spiro atoms. The molecular weight excluding hydrogens is 278 g/mol. The Bertz CT molecular complexity index is 709. The highest BCUT2D eigenvalue weighted by molar-refractivity contribution is 5.85. The molecule has 0 aliphatic heterocycles. The monoisotopic (exact) mass is 290 g/mol. The number of carbonyl (C=O) groups is 1. The van der Waals surface area contributed by atoms with Crippen molar-refractivity contribution in [1.29, 1.82) is 0 Å². The number of rotatable bonds is 4. The number of benzene rings is 2. The van der Waals surface area contributed by atoms with Crippen molar-refractivity contribution in [2.45, 2.75) is 6.92 Å². The van der Waals surface area contributed by atoms with E-state index in [0.29, 0.717) is 16.9 Å². The van der Waals surface area contributed by atoms with Crippen LogP contribution in [0.5, 0.6) is 11.5 Å². The van der Waals surface area contributed by atoms with Gasteiger partial charge in [0.2, 0.25) is 5.82 Å². The third-order valence-electron chi connectivity index (χ3n) is 2.77. The quantitative estimate of drug-likeness (QED) is 0.860. The molecule has 2 rings (SSSR count). The van der Waals surface area contributed by atoms with E-state index in [2.05, 4.69) is 0 Å². The van der Waals surface area contributed by atoms with Gasteiger partial charge in [0.15, 0.2) is 11.6 Å². The summed E-state index contributed by atoms with van der Waals surface area (Å²) in [7, 11) is 0. The number of ether oxygens (including phenoxy) is 1. The predicted molar refractivity (Wildman–Crippen MR) is 74.3 cm³/mol. The number of halogens is 2. The van der Waals surface area contributed by atoms with Crippen LogP contribution in [0.1, 0.15) is 11.1 Å². The molecule has 0 aliphatic rings. The summed E-state index contributed by atoms with van der Waals surface area (Å²) in [5.74, 6) is -3.03. The molecule has 0 saturated heterocycles. The standard InChI is InChI=1S/C16H12F2O3/c1-10-5-6-11(7-8-15(19)20)9-14(10)21-13-4-2-3-12(17)16(13)18/h2-9H,1H3,(H,19,20)/b8-7+. The molecule has 3 nitrogen and oxygen atoms in total. The van der Waals surface area contributed by atoms with Crippen molar-refractivity contribution in [3.63, 3.8) is 0 Å². The lowest BCUT2D eigenvalue weighted by molar-refractivity contribution is -0.131. The molecule has 0 saturated carbocycles. The molecule has 0 heterocycles. The van der Waals surface area contributed by atoms with Crippen LogP contribution in [0.3, 0.4) is 0 Å². The molecule has 2 aromatic rings. The molecule has 0 unspecified atom stereocenters. The number of carboxylic acid groups (broad SMARTS) is 1. The first-order chi connectivity index (χ1) is 9.97. The van der Waals surface area contributed by atoms with Crippen molar-refractivity contribution < 1.29 is 23.4 Å². The number of hydrogen-bond acceptors (Lipinski definition) is 2. The van der Waals surface area contributed by atoms with Gasteiger partial charge in [-0.25, -0.2) is 9.18 Å². The fourth-order valence-corrected chi connectivity index (χ4v) is 1.68.